The fourth-order valence-electron chi connectivity index (χ4n) is 4.26. The minimum Gasteiger partial charge on any atom is -0.384 e. The summed E-state index contributed by atoms with van der Waals surface area (Å²) in [7, 11) is 0. The van der Waals surface area contributed by atoms with Crippen molar-refractivity contribution in [3.8, 4) is 0 Å². The van der Waals surface area contributed by atoms with Gasteiger partial charge in [0.25, 0.3) is 0 Å². The van der Waals surface area contributed by atoms with Crippen molar-refractivity contribution in [3.05, 3.63) is 24.4 Å². The summed E-state index contributed by atoms with van der Waals surface area (Å²) in [6, 6.07) is 5.43. The van der Waals surface area contributed by atoms with Gasteiger partial charge in [-0.15, -0.1) is 0 Å². The van der Waals surface area contributed by atoms with Crippen LogP contribution in [0.2, 0.25) is 8.87 Å². The Balaban J connectivity index is -0.000000527. The number of nitrogen functional groups attached to an aromatic ring is 1. The molecular weight excluding hydrogens is 655 g/mol. The second kappa shape index (κ2) is 43.8. The number of pyridine rings is 1. The van der Waals surface area contributed by atoms with Crippen LogP contribution in [0.5, 0.6) is 0 Å². The summed E-state index contributed by atoms with van der Waals surface area (Å²) in [6.07, 6.45) is 29.8. The van der Waals surface area contributed by atoms with Crippen LogP contribution in [-0.2, 0) is 9.59 Å². The number of unbranched alkanes of at least 4 members (excludes halogenated alkanes) is 18. The Morgan fingerprint density at radius 3 is 1.16 bits per heavy atom. The van der Waals surface area contributed by atoms with E-state index in [9.17, 15) is 19.8 Å². The van der Waals surface area contributed by atoms with Crippen molar-refractivity contribution in [1.82, 2.24) is 4.98 Å². The number of aromatic nitrogens is 1. The Morgan fingerprint density at radius 1 is 0.568 bits per heavy atom. The third kappa shape index (κ3) is 53.3. The van der Waals surface area contributed by atoms with Crippen molar-refractivity contribution in [2.24, 2.45) is 0 Å². The van der Waals surface area contributed by atoms with Gasteiger partial charge in [-0.05, 0) is 37.8 Å². The summed E-state index contributed by atoms with van der Waals surface area (Å²) in [6.45, 7) is 9.03. The molecule has 0 bridgehead atoms. The maximum absolute atomic E-state index is 10.1. The van der Waals surface area contributed by atoms with Gasteiger partial charge in [-0.25, -0.2) is 4.98 Å². The maximum atomic E-state index is 10.1. The predicted octanol–water partition coefficient (Wildman–Crippen LogP) is 9.11. The summed E-state index contributed by atoms with van der Waals surface area (Å²) in [5.74, 6) is -1.25. The molecule has 6 nitrogen and oxygen atoms in total. The molecule has 0 aromatic carbocycles. The molecule has 1 aromatic rings. The van der Waals surface area contributed by atoms with Crippen molar-refractivity contribution in [2.45, 2.75) is 191 Å². The van der Waals surface area contributed by atoms with Gasteiger partial charge in [-0.3, -0.25) is 0 Å². The van der Waals surface area contributed by atoms with Crippen molar-refractivity contribution in [3.63, 3.8) is 0 Å². The molecule has 256 valence electrons. The number of anilines is 1. The molecule has 0 saturated heterocycles. The van der Waals surface area contributed by atoms with E-state index in [1.165, 1.54) is 116 Å². The van der Waals surface area contributed by atoms with E-state index in [4.69, 9.17) is 5.73 Å². The smallest absolute Gasteiger partial charge is 0.123 e. The average molecular weight is 726 g/mol. The number of nitrogens with two attached hydrogens (primary N) is 1. The summed E-state index contributed by atoms with van der Waals surface area (Å²) < 4.78 is 3.25. The zero-order chi connectivity index (χ0) is 33.4. The molecule has 7 heteroatoms. The van der Waals surface area contributed by atoms with Gasteiger partial charge >= 0.3 is 69.5 Å². The summed E-state index contributed by atoms with van der Waals surface area (Å²) in [4.78, 5) is 23.9. The molecule has 0 unspecified atom stereocenters. The van der Waals surface area contributed by atoms with E-state index in [1.807, 2.05) is 12.1 Å². The molecular formula is C37H70N2O4Sn. The standard InChI is InChI=1S/2C12H24O2.C5H6N2.2C4H9.Sn/c2*1-2-3-4-5-6-7-8-9-10-11-12(13)14;6-5-3-1-2-4-7-5;2*1-3-4-2;/h2*2-11H2,1H3,(H,13,14);1-4H,(H2,6,7);2*1,3-4H2,2H3;/q;;;;;+2/p-2. The van der Waals surface area contributed by atoms with Crippen molar-refractivity contribution in [2.75, 3.05) is 5.73 Å². The largest absolute Gasteiger partial charge is 0.384 e. The molecule has 1 rings (SSSR count). The molecule has 0 saturated carbocycles. The predicted molar refractivity (Wildman–Crippen MR) is 188 cm³/mol. The number of nitrogens with zero attached hydrogens (tertiary/aromatic N) is 1. The van der Waals surface area contributed by atoms with Crippen LogP contribution in [0.15, 0.2) is 24.4 Å². The van der Waals surface area contributed by atoms with Gasteiger partial charge in [0.15, 0.2) is 0 Å². The molecule has 0 radical (unpaired) electrons. The molecule has 0 aliphatic rings. The first-order valence-corrected chi connectivity index (χ1v) is 22.2. The molecule has 1 heterocycles. The van der Waals surface area contributed by atoms with E-state index in [0.717, 1.165) is 25.7 Å². The molecule has 2 N–H and O–H groups in total. The Kier molecular flexibility index (Phi) is 46.9. The first-order chi connectivity index (χ1) is 21.3. The van der Waals surface area contributed by atoms with Gasteiger partial charge < -0.3 is 25.5 Å². The summed E-state index contributed by atoms with van der Waals surface area (Å²) in [5.41, 5.74) is 5.25. The zero-order valence-corrected chi connectivity index (χ0v) is 32.2. The zero-order valence-electron chi connectivity index (χ0n) is 29.4. The molecule has 44 heavy (non-hydrogen) atoms. The van der Waals surface area contributed by atoms with Crippen LogP contribution in [0, 0.1) is 0 Å². The van der Waals surface area contributed by atoms with Crippen LogP contribution in [0.4, 0.5) is 5.82 Å². The number of hydrogen-bond acceptors (Lipinski definition) is 6. The first-order valence-electron chi connectivity index (χ1n) is 18.1. The van der Waals surface area contributed by atoms with Crippen molar-refractivity contribution in [1.29, 1.82) is 0 Å². The molecule has 0 aliphatic heterocycles. The maximum Gasteiger partial charge on any atom is 0.123 e. The number of carboxylic acid groups (broad SMARTS) is 2. The Bertz CT molecular complexity index is 639. The monoisotopic (exact) mass is 726 g/mol. The third-order valence-electron chi connectivity index (χ3n) is 7.07. The minimum absolute atomic E-state index is 0.149. The van der Waals surface area contributed by atoms with E-state index in [1.54, 1.807) is 21.1 Å². The van der Waals surface area contributed by atoms with Crippen LogP contribution in [0.3, 0.4) is 0 Å². The summed E-state index contributed by atoms with van der Waals surface area (Å²) >= 11 is 0.149. The normalized spacial score (nSPS) is 9.82. The van der Waals surface area contributed by atoms with Gasteiger partial charge in [0.2, 0.25) is 0 Å². The third-order valence-corrected chi connectivity index (χ3v) is 11.1. The SMILES string of the molecule is CCCCCCCCCCCC(=O)[O-].CCCCCCCCCCCC(=O)[O-].CCC[CH2][Sn+2][CH2]CCC.Nc1ccccn1. The Morgan fingerprint density at radius 2 is 0.909 bits per heavy atom. The number of carbonyl (C=O) groups excluding carboxylic acids is 2. The molecule has 0 aliphatic carbocycles. The summed E-state index contributed by atoms with van der Waals surface area (Å²) in [5, 5.41) is 20.2. The van der Waals surface area contributed by atoms with E-state index in [0.29, 0.717) is 5.82 Å². The number of hydrogen-bond donors (Lipinski definition) is 1. The molecule has 0 spiro atoms. The topological polar surface area (TPSA) is 119 Å². The van der Waals surface area contributed by atoms with Gasteiger partial charge in [-0.2, -0.15) is 0 Å². The molecule has 1 aromatic heterocycles. The van der Waals surface area contributed by atoms with Gasteiger partial charge in [0.05, 0.1) is 0 Å². The minimum atomic E-state index is -0.909. The fourth-order valence-corrected chi connectivity index (χ4v) is 8.42. The van der Waals surface area contributed by atoms with Gasteiger partial charge in [0, 0.05) is 18.1 Å². The van der Waals surface area contributed by atoms with E-state index >= 15 is 0 Å². The van der Waals surface area contributed by atoms with Gasteiger partial charge in [-0.1, -0.05) is 123 Å². The molecule has 0 atom stereocenters. The van der Waals surface area contributed by atoms with E-state index in [2.05, 4.69) is 32.7 Å². The molecule has 0 fully saturated rings. The van der Waals surface area contributed by atoms with Crippen LogP contribution >= 0.6 is 0 Å². The van der Waals surface area contributed by atoms with E-state index < -0.39 is 11.9 Å². The number of rotatable bonds is 26. The van der Waals surface area contributed by atoms with Crippen LogP contribution in [0.1, 0.15) is 182 Å². The van der Waals surface area contributed by atoms with Crippen LogP contribution in [-0.4, -0.2) is 38.1 Å². The number of carboxylic acids is 2. The Hall–Kier alpha value is -1.31. The van der Waals surface area contributed by atoms with E-state index in [-0.39, 0.29) is 34.0 Å². The van der Waals surface area contributed by atoms with Gasteiger partial charge in [0.1, 0.15) is 5.82 Å². The quantitative estimate of drug-likeness (QED) is 0.0752. The average Bonchev–Trinajstić information content (AvgIpc) is 3.00. The van der Waals surface area contributed by atoms with Crippen LogP contribution in [0.25, 0.3) is 0 Å². The molecule has 0 amide bonds. The Labute approximate surface area is 283 Å². The van der Waals surface area contributed by atoms with Crippen LogP contribution < -0.4 is 15.9 Å². The second-order valence-corrected chi connectivity index (χ2v) is 15.9. The number of aliphatic carboxylic acids is 2. The van der Waals surface area contributed by atoms with Crippen molar-refractivity contribution >= 4 is 38.9 Å². The number of carbonyl (C=O) groups is 2. The first kappa shape index (κ1) is 47.1. The second-order valence-electron chi connectivity index (χ2n) is 11.6. The van der Waals surface area contributed by atoms with Crippen molar-refractivity contribution < 1.29 is 19.8 Å². The fraction of sp³-hybridized carbons (Fsp3) is 0.811.